The molecular weight excluding hydrogens is 359 g/mol. The highest BCUT2D eigenvalue weighted by atomic mass is 19.4. The molecule has 0 aromatic heterocycles. The summed E-state index contributed by atoms with van der Waals surface area (Å²) in [6.45, 7) is 0. The normalized spacial score (nSPS) is 21.6. The van der Waals surface area contributed by atoms with Crippen molar-refractivity contribution in [1.29, 1.82) is 0 Å². The van der Waals surface area contributed by atoms with Crippen LogP contribution in [0.2, 0.25) is 0 Å². The molecule has 7 heteroatoms. The number of hydrogen-bond donors (Lipinski definition) is 2. The Kier molecular flexibility index (Phi) is 5.39. The van der Waals surface area contributed by atoms with Gasteiger partial charge in [0.05, 0.1) is 5.92 Å². The fourth-order valence-electron chi connectivity index (χ4n) is 3.66. The number of carbonyl (C=O) groups is 2. The van der Waals surface area contributed by atoms with E-state index in [4.69, 9.17) is 0 Å². The Morgan fingerprint density at radius 2 is 1.78 bits per heavy atom. The summed E-state index contributed by atoms with van der Waals surface area (Å²) in [5.74, 6) is -4.22. The monoisotopic (exact) mass is 379 g/mol. The maximum absolute atomic E-state index is 13.0. The number of alkyl halides is 3. The van der Waals surface area contributed by atoms with Gasteiger partial charge in [0, 0.05) is 5.92 Å². The lowest BCUT2D eigenvalue weighted by molar-refractivity contribution is -0.186. The third kappa shape index (κ3) is 4.40. The molecule has 0 bridgehead atoms. The van der Waals surface area contributed by atoms with Crippen molar-refractivity contribution in [3.8, 4) is 0 Å². The Labute approximate surface area is 154 Å². The lowest BCUT2D eigenvalue weighted by Gasteiger charge is -2.30. The zero-order chi connectivity index (χ0) is 19.6. The topological polar surface area (TPSA) is 66.4 Å². The highest BCUT2D eigenvalue weighted by molar-refractivity contribution is 5.88. The van der Waals surface area contributed by atoms with E-state index in [1.807, 2.05) is 24.3 Å². The summed E-state index contributed by atoms with van der Waals surface area (Å²) in [7, 11) is 0. The maximum atomic E-state index is 13.0. The van der Waals surface area contributed by atoms with Crippen molar-refractivity contribution in [3.63, 3.8) is 0 Å². The van der Waals surface area contributed by atoms with E-state index >= 15 is 0 Å². The van der Waals surface area contributed by atoms with Crippen LogP contribution in [0.5, 0.6) is 0 Å². The second kappa shape index (κ2) is 7.58. The molecule has 1 saturated carbocycles. The molecule has 2 N–H and O–H groups in total. The molecule has 3 rings (SSSR count). The molecule has 3 unspecified atom stereocenters. The van der Waals surface area contributed by atoms with Crippen LogP contribution in [0, 0.1) is 11.8 Å². The van der Waals surface area contributed by atoms with E-state index in [9.17, 15) is 27.9 Å². The molecule has 0 spiro atoms. The van der Waals surface area contributed by atoms with Crippen LogP contribution in [-0.2, 0) is 9.59 Å². The summed E-state index contributed by atoms with van der Waals surface area (Å²) < 4.78 is 38.9. The molecule has 1 amide bonds. The lowest BCUT2D eigenvalue weighted by atomic mass is 9.80. The second-order valence-electron chi connectivity index (χ2n) is 6.99. The van der Waals surface area contributed by atoms with Crippen molar-refractivity contribution in [3.05, 3.63) is 48.0 Å². The van der Waals surface area contributed by atoms with Crippen molar-refractivity contribution < 1.29 is 27.9 Å². The zero-order valence-electron chi connectivity index (χ0n) is 14.5. The van der Waals surface area contributed by atoms with Crippen LogP contribution in [0.1, 0.15) is 37.3 Å². The number of carboxylic acids is 1. The highest BCUT2D eigenvalue weighted by Gasteiger charge is 2.44. The Morgan fingerprint density at radius 1 is 1.07 bits per heavy atom. The molecule has 1 aliphatic carbocycles. The molecule has 0 heterocycles. The first kappa shape index (κ1) is 19.2. The maximum Gasteiger partial charge on any atom is 0.391 e. The van der Waals surface area contributed by atoms with Gasteiger partial charge >= 0.3 is 12.1 Å². The van der Waals surface area contributed by atoms with E-state index in [1.54, 1.807) is 18.2 Å². The molecule has 3 atom stereocenters. The van der Waals surface area contributed by atoms with Gasteiger partial charge in [-0.15, -0.1) is 0 Å². The van der Waals surface area contributed by atoms with E-state index in [1.165, 1.54) is 0 Å². The molecule has 1 fully saturated rings. The molecule has 0 radical (unpaired) electrons. The van der Waals surface area contributed by atoms with Crippen LogP contribution in [0.15, 0.2) is 42.5 Å². The number of aliphatic carboxylic acids is 1. The van der Waals surface area contributed by atoms with Crippen molar-refractivity contribution in [2.24, 2.45) is 11.8 Å². The van der Waals surface area contributed by atoms with Crippen LogP contribution < -0.4 is 5.32 Å². The molecule has 2 aromatic carbocycles. The van der Waals surface area contributed by atoms with E-state index in [-0.39, 0.29) is 12.8 Å². The van der Waals surface area contributed by atoms with Gasteiger partial charge in [0.25, 0.3) is 0 Å². The molecule has 0 aliphatic heterocycles. The Balaban J connectivity index is 1.77. The van der Waals surface area contributed by atoms with Crippen LogP contribution in [-0.4, -0.2) is 23.2 Å². The average molecular weight is 379 g/mol. The SMILES string of the molecule is O=C(NC(C(=O)O)c1ccc2ccccc2c1)C1CCCC(C(F)(F)F)C1. The number of nitrogens with one attached hydrogen (secondary N) is 1. The fraction of sp³-hybridized carbons (Fsp3) is 0.400. The van der Waals surface area contributed by atoms with Gasteiger partial charge in [-0.1, -0.05) is 42.8 Å². The molecular formula is C20H20F3NO3. The largest absolute Gasteiger partial charge is 0.479 e. The number of amides is 1. The predicted octanol–water partition coefficient (Wildman–Crippen LogP) is 4.45. The molecule has 4 nitrogen and oxygen atoms in total. The molecule has 2 aromatic rings. The standard InChI is InChI=1S/C20H20F3NO3/c21-20(22,23)16-7-3-6-15(11-16)18(25)24-17(19(26)27)14-9-8-12-4-1-2-5-13(12)10-14/h1-2,4-5,8-10,15-17H,3,6-7,11H2,(H,24,25)(H,26,27). The summed E-state index contributed by atoms with van der Waals surface area (Å²) >= 11 is 0. The molecule has 144 valence electrons. The summed E-state index contributed by atoms with van der Waals surface area (Å²) in [6.07, 6.45) is -3.97. The van der Waals surface area contributed by atoms with Crippen molar-refractivity contribution in [2.45, 2.75) is 37.9 Å². The molecule has 0 saturated heterocycles. The van der Waals surface area contributed by atoms with Crippen LogP contribution in [0.25, 0.3) is 10.8 Å². The van der Waals surface area contributed by atoms with Gasteiger partial charge in [-0.25, -0.2) is 4.79 Å². The van der Waals surface area contributed by atoms with Gasteiger partial charge in [-0.05, 0) is 41.7 Å². The van der Waals surface area contributed by atoms with Gasteiger partial charge in [-0.3, -0.25) is 4.79 Å². The molecule has 1 aliphatic rings. The average Bonchev–Trinajstić information content (AvgIpc) is 2.64. The smallest absolute Gasteiger partial charge is 0.391 e. The van der Waals surface area contributed by atoms with Gasteiger partial charge < -0.3 is 10.4 Å². The predicted molar refractivity (Wildman–Crippen MR) is 94.0 cm³/mol. The second-order valence-corrected chi connectivity index (χ2v) is 6.99. The first-order valence-corrected chi connectivity index (χ1v) is 8.84. The Morgan fingerprint density at radius 3 is 2.44 bits per heavy atom. The van der Waals surface area contributed by atoms with E-state index in [0.29, 0.717) is 18.4 Å². The number of rotatable bonds is 4. The summed E-state index contributed by atoms with van der Waals surface area (Å²) in [6, 6.07) is 11.1. The third-order valence-electron chi connectivity index (χ3n) is 5.15. The minimum Gasteiger partial charge on any atom is -0.479 e. The van der Waals surface area contributed by atoms with Crippen LogP contribution in [0.3, 0.4) is 0 Å². The minimum atomic E-state index is -4.33. The third-order valence-corrected chi connectivity index (χ3v) is 5.15. The van der Waals surface area contributed by atoms with E-state index in [2.05, 4.69) is 5.32 Å². The first-order chi connectivity index (χ1) is 12.8. The number of benzene rings is 2. The fourth-order valence-corrected chi connectivity index (χ4v) is 3.66. The number of fused-ring (bicyclic) bond motifs is 1. The van der Waals surface area contributed by atoms with E-state index in [0.717, 1.165) is 10.8 Å². The Hall–Kier alpha value is -2.57. The number of hydrogen-bond acceptors (Lipinski definition) is 2. The lowest BCUT2D eigenvalue weighted by Crippen LogP contribution is -2.41. The quantitative estimate of drug-likeness (QED) is 0.825. The van der Waals surface area contributed by atoms with Gasteiger partial charge in [0.2, 0.25) is 5.91 Å². The summed E-state index contributed by atoms with van der Waals surface area (Å²) in [5.41, 5.74) is 0.387. The van der Waals surface area contributed by atoms with Crippen molar-refractivity contribution in [2.75, 3.05) is 0 Å². The van der Waals surface area contributed by atoms with E-state index < -0.39 is 35.9 Å². The van der Waals surface area contributed by atoms with Gasteiger partial charge in [-0.2, -0.15) is 13.2 Å². The minimum absolute atomic E-state index is 0.0142. The van der Waals surface area contributed by atoms with Crippen molar-refractivity contribution in [1.82, 2.24) is 5.32 Å². The van der Waals surface area contributed by atoms with Gasteiger partial charge in [0.1, 0.15) is 0 Å². The summed E-state index contributed by atoms with van der Waals surface area (Å²) in [4.78, 5) is 24.2. The zero-order valence-corrected chi connectivity index (χ0v) is 14.5. The first-order valence-electron chi connectivity index (χ1n) is 8.84. The molecule has 27 heavy (non-hydrogen) atoms. The Bertz CT molecular complexity index is 850. The van der Waals surface area contributed by atoms with Crippen LogP contribution >= 0.6 is 0 Å². The van der Waals surface area contributed by atoms with Crippen LogP contribution in [0.4, 0.5) is 13.2 Å². The number of carboxylic acid groups (broad SMARTS) is 1. The van der Waals surface area contributed by atoms with Gasteiger partial charge in [0.15, 0.2) is 6.04 Å². The number of carbonyl (C=O) groups excluding carboxylic acids is 1. The summed E-state index contributed by atoms with van der Waals surface area (Å²) in [5, 5.41) is 13.7. The highest BCUT2D eigenvalue weighted by Crippen LogP contribution is 2.40. The van der Waals surface area contributed by atoms with Crippen molar-refractivity contribution >= 4 is 22.6 Å². The number of halogens is 3.